The molecule has 0 aromatic heterocycles. The fourth-order valence-corrected chi connectivity index (χ4v) is 6.32. The number of ether oxygens (including phenoxy) is 2. The van der Waals surface area contributed by atoms with Gasteiger partial charge in [-0.05, 0) is 82.6 Å². The zero-order chi connectivity index (χ0) is 28.5. The highest BCUT2D eigenvalue weighted by molar-refractivity contribution is 5.94. The van der Waals surface area contributed by atoms with Crippen LogP contribution in [0.5, 0.6) is 0 Å². The van der Waals surface area contributed by atoms with Crippen molar-refractivity contribution in [2.24, 2.45) is 5.41 Å². The molecule has 8 nitrogen and oxygen atoms in total. The molecule has 0 bridgehead atoms. The summed E-state index contributed by atoms with van der Waals surface area (Å²) in [4.78, 5) is 42.2. The molecule has 0 saturated carbocycles. The number of nitrogens with zero attached hydrogens (tertiary/aromatic N) is 2. The van der Waals surface area contributed by atoms with Crippen molar-refractivity contribution in [3.63, 3.8) is 0 Å². The first-order valence-electron chi connectivity index (χ1n) is 14.4. The Labute approximate surface area is 236 Å². The number of hydrogen-bond acceptors (Lipinski definition) is 6. The predicted octanol–water partition coefficient (Wildman–Crippen LogP) is 4.90. The third-order valence-electron chi connectivity index (χ3n) is 8.58. The van der Waals surface area contributed by atoms with Crippen LogP contribution >= 0.6 is 0 Å². The number of cyclic esters (lactones) is 1. The van der Waals surface area contributed by atoms with Crippen LogP contribution in [0, 0.1) is 5.41 Å². The van der Waals surface area contributed by atoms with Gasteiger partial charge < -0.3 is 19.5 Å². The lowest BCUT2D eigenvalue weighted by Crippen LogP contribution is -2.47. The molecule has 0 aliphatic carbocycles. The van der Waals surface area contributed by atoms with Crippen LogP contribution in [-0.2, 0) is 20.7 Å². The summed E-state index contributed by atoms with van der Waals surface area (Å²) in [5, 5.41) is 11.2. The Morgan fingerprint density at radius 2 is 1.70 bits per heavy atom. The summed E-state index contributed by atoms with van der Waals surface area (Å²) in [6.07, 6.45) is 2.81. The Kier molecular flexibility index (Phi) is 7.91. The van der Waals surface area contributed by atoms with Crippen LogP contribution < -0.4 is 0 Å². The Morgan fingerprint density at radius 1 is 1.02 bits per heavy atom. The Morgan fingerprint density at radius 3 is 2.30 bits per heavy atom. The van der Waals surface area contributed by atoms with E-state index in [1.807, 2.05) is 80.3 Å². The second-order valence-corrected chi connectivity index (χ2v) is 12.4. The van der Waals surface area contributed by atoms with Gasteiger partial charge in [-0.3, -0.25) is 14.5 Å². The lowest BCUT2D eigenvalue weighted by Gasteiger charge is -2.36. The number of carbonyl (C=O) groups is 3. The maximum absolute atomic E-state index is 13.4. The number of aliphatic hydroxyl groups is 1. The number of esters is 1. The molecule has 3 heterocycles. The molecule has 2 aromatic carbocycles. The summed E-state index contributed by atoms with van der Waals surface area (Å²) in [5.74, 6) is -0.148. The highest BCUT2D eigenvalue weighted by Gasteiger charge is 2.47. The average molecular weight is 549 g/mol. The Hall–Kier alpha value is -3.39. The summed E-state index contributed by atoms with van der Waals surface area (Å²) in [6, 6.07) is 16.5. The van der Waals surface area contributed by atoms with Gasteiger partial charge in [0.25, 0.3) is 5.91 Å². The van der Waals surface area contributed by atoms with E-state index in [4.69, 9.17) is 9.47 Å². The maximum atomic E-state index is 13.4. The number of benzene rings is 2. The third kappa shape index (κ3) is 5.87. The van der Waals surface area contributed by atoms with E-state index < -0.39 is 23.2 Å². The van der Waals surface area contributed by atoms with Gasteiger partial charge in [-0.15, -0.1) is 0 Å². The third-order valence-corrected chi connectivity index (χ3v) is 8.58. The normalized spacial score (nSPS) is 23.2. The number of piperidine rings is 1. The van der Waals surface area contributed by atoms with Gasteiger partial charge in [-0.25, -0.2) is 4.79 Å². The second kappa shape index (κ2) is 11.2. The fraction of sp³-hybridized carbons (Fsp3) is 0.531. The van der Waals surface area contributed by atoms with Crippen molar-refractivity contribution in [2.45, 2.75) is 83.1 Å². The zero-order valence-corrected chi connectivity index (χ0v) is 23.7. The quantitative estimate of drug-likeness (QED) is 0.534. The van der Waals surface area contributed by atoms with Crippen LogP contribution in [0.3, 0.4) is 0 Å². The molecule has 3 aliphatic rings. The largest absolute Gasteiger partial charge is 0.465 e. The van der Waals surface area contributed by atoms with E-state index in [0.717, 1.165) is 24.0 Å². The van der Waals surface area contributed by atoms with E-state index in [9.17, 15) is 19.5 Å². The van der Waals surface area contributed by atoms with Crippen LogP contribution in [0.1, 0.15) is 80.5 Å². The van der Waals surface area contributed by atoms with Crippen LogP contribution in [0.2, 0.25) is 0 Å². The molecule has 3 saturated heterocycles. The van der Waals surface area contributed by atoms with Crippen LogP contribution in [0.15, 0.2) is 54.6 Å². The van der Waals surface area contributed by atoms with Gasteiger partial charge in [0.05, 0.1) is 24.2 Å². The average Bonchev–Trinajstić information content (AvgIpc) is 3.51. The highest BCUT2D eigenvalue weighted by atomic mass is 16.6. The molecular weight excluding hydrogens is 508 g/mol. The van der Waals surface area contributed by atoms with Crippen molar-refractivity contribution in [2.75, 3.05) is 19.7 Å². The van der Waals surface area contributed by atoms with Gasteiger partial charge in [0, 0.05) is 24.7 Å². The van der Waals surface area contributed by atoms with Crippen molar-refractivity contribution in [1.82, 2.24) is 9.80 Å². The van der Waals surface area contributed by atoms with E-state index >= 15 is 0 Å². The van der Waals surface area contributed by atoms with E-state index in [-0.39, 0.29) is 24.0 Å². The Balaban J connectivity index is 1.26. The van der Waals surface area contributed by atoms with Crippen LogP contribution in [0.4, 0.5) is 4.79 Å². The topological polar surface area (TPSA) is 96.4 Å². The molecule has 3 atom stereocenters. The lowest BCUT2D eigenvalue weighted by molar-refractivity contribution is -0.148. The molecule has 0 unspecified atom stereocenters. The molecule has 3 aliphatic heterocycles. The summed E-state index contributed by atoms with van der Waals surface area (Å²) >= 11 is 0. The van der Waals surface area contributed by atoms with Crippen LogP contribution in [-0.4, -0.2) is 70.3 Å². The molecule has 2 aromatic rings. The predicted molar refractivity (Wildman–Crippen MR) is 150 cm³/mol. The summed E-state index contributed by atoms with van der Waals surface area (Å²) in [7, 11) is 0. The summed E-state index contributed by atoms with van der Waals surface area (Å²) in [6.45, 7) is 7.11. The monoisotopic (exact) mass is 548 g/mol. The van der Waals surface area contributed by atoms with Gasteiger partial charge in [0.2, 0.25) is 0 Å². The summed E-state index contributed by atoms with van der Waals surface area (Å²) in [5.41, 5.74) is 1.34. The minimum Gasteiger partial charge on any atom is -0.465 e. The first-order valence-corrected chi connectivity index (χ1v) is 14.4. The van der Waals surface area contributed by atoms with E-state index in [1.165, 1.54) is 0 Å². The van der Waals surface area contributed by atoms with Crippen molar-refractivity contribution in [3.05, 3.63) is 71.3 Å². The molecule has 0 radical (unpaired) electrons. The number of hydrogen-bond donors (Lipinski definition) is 1. The zero-order valence-electron chi connectivity index (χ0n) is 23.7. The van der Waals surface area contributed by atoms with Gasteiger partial charge in [-0.2, -0.15) is 0 Å². The van der Waals surface area contributed by atoms with Gasteiger partial charge >= 0.3 is 12.1 Å². The Bertz CT molecular complexity index is 1210. The standard InChI is InChI=1S/C32H40N2O6/c1-31(2,3)40-30(38)34-25(13-14-26(34)27(35)23-7-5-4-6-8-23)21-22-9-11-24(12-10-22)28(36)33-18-15-32(16-19-33)17-20-39-29(32)37/h4-12,25-27,35H,13-21H2,1-3H3/t25-,26+,27+/m0/s1. The van der Waals surface area contributed by atoms with E-state index in [2.05, 4.69) is 0 Å². The number of carbonyl (C=O) groups excluding carboxylic acids is 3. The number of likely N-dealkylation sites (tertiary alicyclic amines) is 2. The smallest absolute Gasteiger partial charge is 0.410 e. The molecule has 8 heteroatoms. The van der Waals surface area contributed by atoms with Crippen molar-refractivity contribution >= 4 is 18.0 Å². The molecule has 1 N–H and O–H groups in total. The molecule has 1 spiro atoms. The number of rotatable bonds is 5. The first-order chi connectivity index (χ1) is 19.1. The lowest BCUT2D eigenvalue weighted by atomic mass is 9.77. The van der Waals surface area contributed by atoms with Gasteiger partial charge in [0.15, 0.2) is 0 Å². The molecule has 40 heavy (non-hydrogen) atoms. The number of amides is 2. The molecule has 5 rings (SSSR count). The molecule has 3 fully saturated rings. The van der Waals surface area contributed by atoms with Crippen LogP contribution in [0.25, 0.3) is 0 Å². The minimum absolute atomic E-state index is 0.0324. The highest BCUT2D eigenvalue weighted by Crippen LogP contribution is 2.40. The van der Waals surface area contributed by atoms with Crippen molar-refractivity contribution < 1.29 is 29.0 Å². The van der Waals surface area contributed by atoms with E-state index in [1.54, 1.807) is 4.90 Å². The number of aliphatic hydroxyl groups excluding tert-OH is 1. The molecule has 214 valence electrons. The molecule has 2 amide bonds. The van der Waals surface area contributed by atoms with Crippen molar-refractivity contribution in [1.29, 1.82) is 0 Å². The fourth-order valence-electron chi connectivity index (χ4n) is 6.32. The molecular formula is C32H40N2O6. The second-order valence-electron chi connectivity index (χ2n) is 12.4. The SMILES string of the molecule is CC(C)(C)OC(=O)N1[C@H](Cc2ccc(C(=O)N3CCC4(CCOC4=O)CC3)cc2)CC[C@@H]1[C@H](O)c1ccccc1. The maximum Gasteiger partial charge on any atom is 0.410 e. The van der Waals surface area contributed by atoms with Crippen molar-refractivity contribution in [3.8, 4) is 0 Å². The minimum atomic E-state index is -0.812. The first kappa shape index (κ1) is 28.1. The van der Waals surface area contributed by atoms with Gasteiger partial charge in [0.1, 0.15) is 5.60 Å². The van der Waals surface area contributed by atoms with Gasteiger partial charge in [-0.1, -0.05) is 42.5 Å². The summed E-state index contributed by atoms with van der Waals surface area (Å²) < 4.78 is 11.0. The van der Waals surface area contributed by atoms with E-state index in [0.29, 0.717) is 50.9 Å².